The monoisotopic (exact) mass is 224 g/mol. The summed E-state index contributed by atoms with van der Waals surface area (Å²) in [7, 11) is 0. The van der Waals surface area contributed by atoms with Gasteiger partial charge in [-0.3, -0.25) is 4.79 Å². The number of alkyl halides is 2. The summed E-state index contributed by atoms with van der Waals surface area (Å²) >= 11 is 5.33. The van der Waals surface area contributed by atoms with Crippen LogP contribution in [0.5, 0.6) is 0 Å². The topological polar surface area (TPSA) is 56.0 Å². The summed E-state index contributed by atoms with van der Waals surface area (Å²) in [6, 6.07) is 0. The molecular weight excluding hydrogens is 221 g/mol. The molecule has 0 aliphatic heterocycles. The minimum Gasteiger partial charge on any atom is -0.365 e. The summed E-state index contributed by atoms with van der Waals surface area (Å²) in [5.41, 5.74) is 2.87. The third kappa shape index (κ3) is 1.79. The molecule has 0 atom stereocenters. The molecule has 7 heteroatoms. The molecule has 0 unspecified atom stereocenters. The molecule has 0 saturated carbocycles. The number of amides is 1. The van der Waals surface area contributed by atoms with Crippen LogP contribution >= 0.6 is 11.6 Å². The van der Waals surface area contributed by atoms with E-state index >= 15 is 0 Å². The average Bonchev–Trinajstić information content (AvgIpc) is 2.07. The normalized spacial score (nSPS) is 10.6. The number of primary amides is 1. The van der Waals surface area contributed by atoms with Crippen molar-refractivity contribution in [2.45, 2.75) is 6.43 Å². The lowest BCUT2D eigenvalue weighted by Crippen LogP contribution is -2.16. The molecule has 0 saturated heterocycles. The maximum atomic E-state index is 12.8. The molecule has 1 amide bonds. The second kappa shape index (κ2) is 3.83. The molecule has 0 aromatic carbocycles. The second-order valence-corrected chi connectivity index (χ2v) is 2.71. The number of carbonyl (C=O) groups excluding carboxylic acids is 1. The van der Waals surface area contributed by atoms with E-state index in [1.54, 1.807) is 0 Å². The highest BCUT2D eigenvalue weighted by Gasteiger charge is 2.24. The van der Waals surface area contributed by atoms with E-state index in [1.807, 2.05) is 0 Å². The number of hydrogen-bond donors (Lipinski definition) is 1. The van der Waals surface area contributed by atoms with Gasteiger partial charge in [0.15, 0.2) is 5.82 Å². The Hall–Kier alpha value is -1.30. The predicted molar refractivity (Wildman–Crippen MR) is 42.7 cm³/mol. The molecule has 1 aromatic rings. The highest BCUT2D eigenvalue weighted by Crippen LogP contribution is 2.28. The Labute approximate surface area is 81.7 Å². The Balaban J connectivity index is 3.50. The van der Waals surface area contributed by atoms with Gasteiger partial charge in [-0.2, -0.15) is 0 Å². The molecule has 0 bridgehead atoms. The lowest BCUT2D eigenvalue weighted by Gasteiger charge is -2.07. The van der Waals surface area contributed by atoms with Gasteiger partial charge in [0.1, 0.15) is 5.15 Å². The SMILES string of the molecule is NC(=O)c1c(Cl)ncc(F)c1C(F)F. The van der Waals surface area contributed by atoms with E-state index in [0.29, 0.717) is 6.20 Å². The molecular formula is C7H4ClF3N2O. The van der Waals surface area contributed by atoms with Gasteiger partial charge in [0.05, 0.1) is 17.3 Å². The number of nitrogens with two attached hydrogens (primary N) is 1. The van der Waals surface area contributed by atoms with Crippen molar-refractivity contribution < 1.29 is 18.0 Å². The fourth-order valence-corrected chi connectivity index (χ4v) is 1.17. The molecule has 1 aromatic heterocycles. The van der Waals surface area contributed by atoms with Crippen LogP contribution in [0.15, 0.2) is 6.20 Å². The molecule has 1 heterocycles. The lowest BCUT2D eigenvalue weighted by molar-refractivity contribution is 0.0982. The van der Waals surface area contributed by atoms with Gasteiger partial charge in [0.2, 0.25) is 0 Å². The number of rotatable bonds is 2. The molecule has 0 aliphatic carbocycles. The van der Waals surface area contributed by atoms with Crippen LogP contribution in [0.25, 0.3) is 0 Å². The Bertz CT molecular complexity index is 383. The van der Waals surface area contributed by atoms with Crippen LogP contribution in [0, 0.1) is 5.82 Å². The number of carbonyl (C=O) groups is 1. The number of nitrogens with zero attached hydrogens (tertiary/aromatic N) is 1. The molecule has 14 heavy (non-hydrogen) atoms. The second-order valence-electron chi connectivity index (χ2n) is 2.35. The van der Waals surface area contributed by atoms with Crippen molar-refractivity contribution in [3.8, 4) is 0 Å². The van der Waals surface area contributed by atoms with Crippen LogP contribution in [-0.4, -0.2) is 10.9 Å². The van der Waals surface area contributed by atoms with E-state index in [-0.39, 0.29) is 0 Å². The van der Waals surface area contributed by atoms with Gasteiger partial charge in [-0.1, -0.05) is 11.6 Å². The third-order valence-corrected chi connectivity index (χ3v) is 1.78. The van der Waals surface area contributed by atoms with Crippen molar-refractivity contribution >= 4 is 17.5 Å². The van der Waals surface area contributed by atoms with Gasteiger partial charge in [-0.25, -0.2) is 18.2 Å². The number of aromatic nitrogens is 1. The average molecular weight is 225 g/mol. The first-order valence-corrected chi connectivity index (χ1v) is 3.74. The molecule has 2 N–H and O–H groups in total. The highest BCUT2D eigenvalue weighted by molar-refractivity contribution is 6.32. The number of pyridine rings is 1. The third-order valence-electron chi connectivity index (χ3n) is 1.49. The maximum Gasteiger partial charge on any atom is 0.267 e. The molecule has 3 nitrogen and oxygen atoms in total. The van der Waals surface area contributed by atoms with E-state index in [9.17, 15) is 18.0 Å². The van der Waals surface area contributed by atoms with Crippen molar-refractivity contribution in [1.82, 2.24) is 4.98 Å². The van der Waals surface area contributed by atoms with Crippen LogP contribution < -0.4 is 5.73 Å². The first-order valence-electron chi connectivity index (χ1n) is 3.37. The molecule has 76 valence electrons. The van der Waals surface area contributed by atoms with Crippen molar-refractivity contribution in [3.63, 3.8) is 0 Å². The van der Waals surface area contributed by atoms with Crippen LogP contribution in [0.3, 0.4) is 0 Å². The van der Waals surface area contributed by atoms with Gasteiger partial charge in [0, 0.05) is 0 Å². The van der Waals surface area contributed by atoms with Crippen LogP contribution in [0.1, 0.15) is 22.3 Å². The lowest BCUT2D eigenvalue weighted by atomic mass is 10.1. The Kier molecular flexibility index (Phi) is 2.95. The van der Waals surface area contributed by atoms with Crippen molar-refractivity contribution in [2.24, 2.45) is 5.73 Å². The van der Waals surface area contributed by atoms with E-state index in [2.05, 4.69) is 4.98 Å². The summed E-state index contributed by atoms with van der Waals surface area (Å²) in [5, 5.41) is -0.533. The Morgan fingerprint density at radius 2 is 2.14 bits per heavy atom. The van der Waals surface area contributed by atoms with Crippen molar-refractivity contribution in [2.75, 3.05) is 0 Å². The fourth-order valence-electron chi connectivity index (χ4n) is 0.926. The molecule has 0 fully saturated rings. The summed E-state index contributed by atoms with van der Waals surface area (Å²) in [5.74, 6) is -2.55. The summed E-state index contributed by atoms with van der Waals surface area (Å²) in [6.45, 7) is 0. The van der Waals surface area contributed by atoms with Gasteiger partial charge < -0.3 is 5.73 Å². The van der Waals surface area contributed by atoms with E-state index in [0.717, 1.165) is 0 Å². The summed E-state index contributed by atoms with van der Waals surface area (Å²) in [4.78, 5) is 13.9. The van der Waals surface area contributed by atoms with Gasteiger partial charge in [-0.05, 0) is 0 Å². The zero-order chi connectivity index (χ0) is 10.9. The van der Waals surface area contributed by atoms with Gasteiger partial charge >= 0.3 is 0 Å². The quantitative estimate of drug-likeness (QED) is 0.780. The van der Waals surface area contributed by atoms with Crippen LogP contribution in [0.4, 0.5) is 13.2 Å². The molecule has 0 spiro atoms. The van der Waals surface area contributed by atoms with Crippen LogP contribution in [0.2, 0.25) is 5.15 Å². The zero-order valence-corrected chi connectivity index (χ0v) is 7.36. The first kappa shape index (κ1) is 10.8. The van der Waals surface area contributed by atoms with Crippen molar-refractivity contribution in [3.05, 3.63) is 28.3 Å². The fraction of sp³-hybridized carbons (Fsp3) is 0.143. The Morgan fingerprint density at radius 1 is 1.57 bits per heavy atom. The summed E-state index contributed by atoms with van der Waals surface area (Å²) < 4.78 is 37.4. The Morgan fingerprint density at radius 3 is 2.50 bits per heavy atom. The largest absolute Gasteiger partial charge is 0.365 e. The van der Waals surface area contributed by atoms with Crippen molar-refractivity contribution in [1.29, 1.82) is 0 Å². The van der Waals surface area contributed by atoms with E-state index in [4.69, 9.17) is 17.3 Å². The molecule has 0 radical (unpaired) electrons. The van der Waals surface area contributed by atoms with Gasteiger partial charge in [0.25, 0.3) is 12.3 Å². The maximum absolute atomic E-state index is 12.8. The van der Waals surface area contributed by atoms with Gasteiger partial charge in [-0.15, -0.1) is 0 Å². The van der Waals surface area contributed by atoms with E-state index in [1.165, 1.54) is 0 Å². The minimum atomic E-state index is -3.17. The molecule has 0 aliphatic rings. The first-order chi connectivity index (χ1) is 6.45. The summed E-state index contributed by atoms with van der Waals surface area (Å²) in [6.07, 6.45) is -2.66. The number of halogens is 4. The zero-order valence-electron chi connectivity index (χ0n) is 6.60. The predicted octanol–water partition coefficient (Wildman–Crippen LogP) is 1.91. The smallest absolute Gasteiger partial charge is 0.267 e. The standard InChI is InChI=1S/C7H4ClF3N2O/c8-5-4(7(12)14)3(6(10)11)2(9)1-13-5/h1,6H,(H2,12,14). The highest BCUT2D eigenvalue weighted by atomic mass is 35.5. The number of hydrogen-bond acceptors (Lipinski definition) is 2. The van der Waals surface area contributed by atoms with Crippen LogP contribution in [-0.2, 0) is 0 Å². The van der Waals surface area contributed by atoms with E-state index < -0.39 is 34.4 Å². The molecule has 1 rings (SSSR count). The minimum absolute atomic E-state index is 0.510.